The minimum absolute atomic E-state index is 0.0778. The third-order valence-corrected chi connectivity index (χ3v) is 1.75. The van der Waals surface area contributed by atoms with Gasteiger partial charge in [-0.15, -0.1) is 5.10 Å². The molecule has 0 spiro atoms. The summed E-state index contributed by atoms with van der Waals surface area (Å²) in [5.41, 5.74) is 0. The van der Waals surface area contributed by atoms with E-state index in [-0.39, 0.29) is 6.01 Å². The van der Waals surface area contributed by atoms with Crippen LogP contribution in [0.2, 0.25) is 0 Å². The third-order valence-electron chi connectivity index (χ3n) is 1.20. The fourth-order valence-corrected chi connectivity index (χ4v) is 1.17. The van der Waals surface area contributed by atoms with E-state index in [1.54, 1.807) is 0 Å². The number of sulfonamides is 1. The van der Waals surface area contributed by atoms with E-state index in [2.05, 4.69) is 14.9 Å². The van der Waals surface area contributed by atoms with Crippen LogP contribution in [0.4, 0.5) is 6.01 Å². The molecule has 0 fully saturated rings. The maximum Gasteiger partial charge on any atom is 0.329 e. The Balaban J connectivity index is 2.69. The molecule has 1 N–H and O–H groups in total. The Morgan fingerprint density at radius 1 is 1.46 bits per heavy atom. The molecule has 74 valence electrons. The minimum atomic E-state index is -3.33. The molecule has 1 heterocycles. The highest BCUT2D eigenvalue weighted by Crippen LogP contribution is 2.07. The summed E-state index contributed by atoms with van der Waals surface area (Å²) in [4.78, 5) is 0. The maximum atomic E-state index is 10.7. The molecule has 1 aromatic rings. The van der Waals surface area contributed by atoms with Crippen LogP contribution < -0.4 is 4.72 Å². The van der Waals surface area contributed by atoms with E-state index in [1.807, 2.05) is 6.92 Å². The predicted octanol–water partition coefficient (Wildman–Crippen LogP) is 0.394. The molecule has 0 aromatic carbocycles. The standard InChI is InChI=1S/C6H11N3O3S/c1-3-4-5-7-8-6(12-5)9-13(2,10)11/h3-4H2,1-2H3,(H,8,9). The van der Waals surface area contributed by atoms with Crippen molar-refractivity contribution in [2.24, 2.45) is 0 Å². The van der Waals surface area contributed by atoms with Crippen LogP contribution in [0.15, 0.2) is 4.42 Å². The van der Waals surface area contributed by atoms with Crippen molar-refractivity contribution >= 4 is 16.0 Å². The van der Waals surface area contributed by atoms with Crippen molar-refractivity contribution in [1.82, 2.24) is 10.2 Å². The van der Waals surface area contributed by atoms with Crippen LogP contribution in [0, 0.1) is 0 Å². The molecule has 0 unspecified atom stereocenters. The molecule has 6 nitrogen and oxygen atoms in total. The maximum absolute atomic E-state index is 10.7. The number of nitrogens with one attached hydrogen (secondary N) is 1. The molecule has 7 heteroatoms. The van der Waals surface area contributed by atoms with Crippen LogP contribution in [0.5, 0.6) is 0 Å². The van der Waals surface area contributed by atoms with Gasteiger partial charge in [0, 0.05) is 6.42 Å². The third kappa shape index (κ3) is 3.41. The van der Waals surface area contributed by atoms with Crippen LogP contribution in [-0.2, 0) is 16.4 Å². The Labute approximate surface area is 76.4 Å². The highest BCUT2D eigenvalue weighted by atomic mass is 32.2. The van der Waals surface area contributed by atoms with E-state index in [0.29, 0.717) is 12.3 Å². The summed E-state index contributed by atoms with van der Waals surface area (Å²) in [5.74, 6) is 0.439. The SMILES string of the molecule is CCCc1nnc(NS(C)(=O)=O)o1. The molecule has 0 aliphatic heterocycles. The van der Waals surface area contributed by atoms with Crippen molar-refractivity contribution in [2.45, 2.75) is 19.8 Å². The van der Waals surface area contributed by atoms with Gasteiger partial charge in [-0.2, -0.15) is 0 Å². The van der Waals surface area contributed by atoms with Crippen LogP contribution in [0.1, 0.15) is 19.2 Å². The average Bonchev–Trinajstić information content (AvgIpc) is 2.33. The van der Waals surface area contributed by atoms with Gasteiger partial charge in [0.1, 0.15) is 0 Å². The van der Waals surface area contributed by atoms with E-state index in [1.165, 1.54) is 0 Å². The van der Waals surface area contributed by atoms with Crippen molar-refractivity contribution in [3.05, 3.63) is 5.89 Å². The van der Waals surface area contributed by atoms with Crippen LogP contribution in [0.25, 0.3) is 0 Å². The van der Waals surface area contributed by atoms with Gasteiger partial charge in [-0.25, -0.2) is 13.1 Å². The number of hydrogen-bond donors (Lipinski definition) is 1. The van der Waals surface area contributed by atoms with Gasteiger partial charge >= 0.3 is 6.01 Å². The second-order valence-corrected chi connectivity index (χ2v) is 4.37. The van der Waals surface area contributed by atoms with Gasteiger partial charge in [0.25, 0.3) is 0 Å². The monoisotopic (exact) mass is 205 g/mol. The molecule has 0 atom stereocenters. The lowest BCUT2D eigenvalue weighted by molar-refractivity contribution is 0.505. The van der Waals surface area contributed by atoms with Gasteiger partial charge in [0.2, 0.25) is 15.9 Å². The second-order valence-electron chi connectivity index (χ2n) is 2.63. The van der Waals surface area contributed by atoms with Gasteiger partial charge in [-0.05, 0) is 6.42 Å². The van der Waals surface area contributed by atoms with Gasteiger partial charge < -0.3 is 4.42 Å². The quantitative estimate of drug-likeness (QED) is 0.768. The first kappa shape index (κ1) is 9.97. The Hall–Kier alpha value is -1.11. The summed E-state index contributed by atoms with van der Waals surface area (Å²) in [7, 11) is -3.33. The second kappa shape index (κ2) is 3.73. The van der Waals surface area contributed by atoms with Crippen LogP contribution in [0.3, 0.4) is 0 Å². The molecule has 0 aliphatic carbocycles. The number of nitrogens with zero attached hydrogens (tertiary/aromatic N) is 2. The summed E-state index contributed by atoms with van der Waals surface area (Å²) in [6.07, 6.45) is 2.55. The van der Waals surface area contributed by atoms with E-state index >= 15 is 0 Å². The van der Waals surface area contributed by atoms with Crippen molar-refractivity contribution in [3.63, 3.8) is 0 Å². The van der Waals surface area contributed by atoms with Gasteiger partial charge in [-0.3, -0.25) is 0 Å². The lowest BCUT2D eigenvalue weighted by atomic mass is 10.3. The molecule has 13 heavy (non-hydrogen) atoms. The summed E-state index contributed by atoms with van der Waals surface area (Å²) in [6.45, 7) is 1.97. The topological polar surface area (TPSA) is 85.1 Å². The number of rotatable bonds is 4. The number of anilines is 1. The normalized spacial score (nSPS) is 11.5. The Bertz CT molecular complexity index is 370. The van der Waals surface area contributed by atoms with Crippen LogP contribution in [-0.4, -0.2) is 24.9 Å². The first-order valence-corrected chi connectivity index (χ1v) is 5.70. The van der Waals surface area contributed by atoms with E-state index in [9.17, 15) is 8.42 Å². The van der Waals surface area contributed by atoms with Crippen molar-refractivity contribution < 1.29 is 12.8 Å². The summed E-state index contributed by atoms with van der Waals surface area (Å²) < 4.78 is 28.5. The smallest absolute Gasteiger partial charge is 0.329 e. The summed E-state index contributed by atoms with van der Waals surface area (Å²) in [5, 5.41) is 7.16. The van der Waals surface area contributed by atoms with E-state index in [4.69, 9.17) is 4.42 Å². The molecule has 0 radical (unpaired) electrons. The highest BCUT2D eigenvalue weighted by Gasteiger charge is 2.08. The largest absolute Gasteiger partial charge is 0.407 e. The molecule has 1 rings (SSSR count). The average molecular weight is 205 g/mol. The molecular formula is C6H11N3O3S. The summed E-state index contributed by atoms with van der Waals surface area (Å²) >= 11 is 0. The summed E-state index contributed by atoms with van der Waals surface area (Å²) in [6, 6.07) is -0.0778. The van der Waals surface area contributed by atoms with Crippen molar-refractivity contribution in [1.29, 1.82) is 0 Å². The molecular weight excluding hydrogens is 194 g/mol. The fraction of sp³-hybridized carbons (Fsp3) is 0.667. The Kier molecular flexibility index (Phi) is 2.86. The Morgan fingerprint density at radius 3 is 2.69 bits per heavy atom. The fourth-order valence-electron chi connectivity index (χ4n) is 0.768. The zero-order chi connectivity index (χ0) is 9.90. The van der Waals surface area contributed by atoms with Gasteiger partial charge in [-0.1, -0.05) is 12.0 Å². The Morgan fingerprint density at radius 2 is 2.15 bits per heavy atom. The molecule has 1 aromatic heterocycles. The van der Waals surface area contributed by atoms with Crippen molar-refractivity contribution in [3.8, 4) is 0 Å². The highest BCUT2D eigenvalue weighted by molar-refractivity contribution is 7.91. The first-order valence-electron chi connectivity index (χ1n) is 3.81. The zero-order valence-electron chi connectivity index (χ0n) is 7.44. The zero-order valence-corrected chi connectivity index (χ0v) is 8.26. The van der Waals surface area contributed by atoms with Gasteiger partial charge in [0.05, 0.1) is 6.26 Å². The first-order chi connectivity index (χ1) is 6.01. The van der Waals surface area contributed by atoms with Gasteiger partial charge in [0.15, 0.2) is 0 Å². The molecule has 0 amide bonds. The van der Waals surface area contributed by atoms with E-state index < -0.39 is 10.0 Å². The lowest BCUT2D eigenvalue weighted by Gasteiger charge is -1.94. The predicted molar refractivity (Wildman–Crippen MR) is 46.8 cm³/mol. The molecule has 0 aliphatic rings. The molecule has 0 saturated carbocycles. The minimum Gasteiger partial charge on any atom is -0.407 e. The number of aromatic nitrogens is 2. The number of hydrogen-bond acceptors (Lipinski definition) is 5. The molecule has 0 bridgehead atoms. The van der Waals surface area contributed by atoms with E-state index in [0.717, 1.165) is 12.7 Å². The van der Waals surface area contributed by atoms with Crippen LogP contribution >= 0.6 is 0 Å². The molecule has 0 saturated heterocycles. The number of aryl methyl sites for hydroxylation is 1. The van der Waals surface area contributed by atoms with Crippen molar-refractivity contribution in [2.75, 3.05) is 11.0 Å². The lowest BCUT2D eigenvalue weighted by Crippen LogP contribution is -2.09.